The molecule has 0 saturated carbocycles. The van der Waals surface area contributed by atoms with Gasteiger partial charge in [0.15, 0.2) is 0 Å². The number of benzene rings is 2. The summed E-state index contributed by atoms with van der Waals surface area (Å²) >= 11 is 12.4. The lowest BCUT2D eigenvalue weighted by atomic mass is 9.92. The number of hydrogen-bond donors (Lipinski definition) is 2. The normalized spacial score (nSPS) is 19.9. The third-order valence-corrected chi connectivity index (χ3v) is 5.45. The highest BCUT2D eigenvalue weighted by Gasteiger charge is 2.35. The van der Waals surface area contributed by atoms with Crippen LogP contribution in [0.3, 0.4) is 0 Å². The SMILES string of the molecule is CC(=O)N[C@@H](c1ccccc1)C(c1ccc(Cl)c(Cl)c1)N1CC[C@H](O)C1. The van der Waals surface area contributed by atoms with Crippen molar-refractivity contribution < 1.29 is 9.90 Å². The summed E-state index contributed by atoms with van der Waals surface area (Å²) in [6, 6.07) is 15.0. The molecule has 3 atom stereocenters. The van der Waals surface area contributed by atoms with Crippen molar-refractivity contribution in [3.63, 3.8) is 0 Å². The minimum atomic E-state index is -0.367. The van der Waals surface area contributed by atoms with Gasteiger partial charge < -0.3 is 10.4 Å². The zero-order valence-electron chi connectivity index (χ0n) is 14.5. The summed E-state index contributed by atoms with van der Waals surface area (Å²) in [7, 11) is 0. The van der Waals surface area contributed by atoms with Crippen LogP contribution >= 0.6 is 23.2 Å². The van der Waals surface area contributed by atoms with Crippen molar-refractivity contribution in [1.29, 1.82) is 0 Å². The molecule has 2 aromatic rings. The van der Waals surface area contributed by atoms with Crippen LogP contribution in [0.5, 0.6) is 0 Å². The maximum Gasteiger partial charge on any atom is 0.217 e. The maximum atomic E-state index is 11.9. The van der Waals surface area contributed by atoms with E-state index in [1.165, 1.54) is 6.92 Å². The van der Waals surface area contributed by atoms with E-state index in [0.717, 1.165) is 17.7 Å². The minimum absolute atomic E-state index is 0.108. The van der Waals surface area contributed by atoms with Crippen molar-refractivity contribution in [2.75, 3.05) is 13.1 Å². The molecule has 1 unspecified atom stereocenters. The van der Waals surface area contributed by atoms with Gasteiger partial charge in [-0.25, -0.2) is 0 Å². The highest BCUT2D eigenvalue weighted by atomic mass is 35.5. The van der Waals surface area contributed by atoms with Crippen LogP contribution < -0.4 is 5.32 Å². The number of carbonyl (C=O) groups is 1. The summed E-state index contributed by atoms with van der Waals surface area (Å²) in [5.41, 5.74) is 1.95. The van der Waals surface area contributed by atoms with Gasteiger partial charge in [-0.3, -0.25) is 9.69 Å². The number of β-amino-alcohol motifs (C(OH)–C–C–N with tert-alkyl or cyclic N) is 1. The molecule has 6 heteroatoms. The summed E-state index contributed by atoms with van der Waals surface area (Å²) in [5.74, 6) is -0.108. The van der Waals surface area contributed by atoms with Gasteiger partial charge in [0.05, 0.1) is 28.2 Å². The molecule has 138 valence electrons. The van der Waals surface area contributed by atoms with Gasteiger partial charge in [-0.05, 0) is 29.7 Å². The van der Waals surface area contributed by atoms with E-state index in [9.17, 15) is 9.90 Å². The number of aliphatic hydroxyl groups is 1. The van der Waals surface area contributed by atoms with Crippen molar-refractivity contribution in [2.24, 2.45) is 0 Å². The molecule has 2 aromatic carbocycles. The fourth-order valence-corrected chi connectivity index (χ4v) is 3.86. The third-order valence-electron chi connectivity index (χ3n) is 4.71. The topological polar surface area (TPSA) is 52.6 Å². The molecule has 0 aromatic heterocycles. The van der Waals surface area contributed by atoms with Gasteiger partial charge in [-0.1, -0.05) is 59.6 Å². The fourth-order valence-electron chi connectivity index (χ4n) is 3.56. The molecular weight excluding hydrogens is 371 g/mol. The number of carbonyl (C=O) groups excluding carboxylic acids is 1. The lowest BCUT2D eigenvalue weighted by Crippen LogP contribution is -2.39. The predicted molar refractivity (Wildman–Crippen MR) is 104 cm³/mol. The molecule has 3 rings (SSSR count). The smallest absolute Gasteiger partial charge is 0.217 e. The van der Waals surface area contributed by atoms with Crippen molar-refractivity contribution in [2.45, 2.75) is 31.5 Å². The van der Waals surface area contributed by atoms with Gasteiger partial charge in [-0.15, -0.1) is 0 Å². The molecule has 1 fully saturated rings. The molecule has 0 spiro atoms. The lowest BCUT2D eigenvalue weighted by molar-refractivity contribution is -0.120. The Balaban J connectivity index is 2.06. The number of amides is 1. The quantitative estimate of drug-likeness (QED) is 0.808. The van der Waals surface area contributed by atoms with E-state index in [0.29, 0.717) is 23.0 Å². The zero-order valence-corrected chi connectivity index (χ0v) is 16.0. The van der Waals surface area contributed by atoms with Crippen LogP contribution in [0, 0.1) is 0 Å². The second-order valence-electron chi connectivity index (χ2n) is 6.64. The van der Waals surface area contributed by atoms with E-state index in [2.05, 4.69) is 10.2 Å². The molecule has 1 aliphatic rings. The summed E-state index contributed by atoms with van der Waals surface area (Å²) in [6.45, 7) is 2.81. The van der Waals surface area contributed by atoms with Gasteiger partial charge in [0, 0.05) is 20.0 Å². The van der Waals surface area contributed by atoms with Gasteiger partial charge >= 0.3 is 0 Å². The van der Waals surface area contributed by atoms with E-state index in [1.54, 1.807) is 6.07 Å². The molecule has 0 aliphatic carbocycles. The van der Waals surface area contributed by atoms with E-state index < -0.39 is 0 Å². The van der Waals surface area contributed by atoms with E-state index >= 15 is 0 Å². The van der Waals surface area contributed by atoms with Crippen molar-refractivity contribution in [3.05, 3.63) is 69.7 Å². The molecule has 26 heavy (non-hydrogen) atoms. The van der Waals surface area contributed by atoms with Crippen LogP contribution in [0.25, 0.3) is 0 Å². The number of aliphatic hydroxyl groups excluding tert-OH is 1. The number of halogens is 2. The second kappa shape index (κ2) is 8.40. The Bertz CT molecular complexity index is 770. The number of nitrogens with zero attached hydrogens (tertiary/aromatic N) is 1. The second-order valence-corrected chi connectivity index (χ2v) is 7.46. The van der Waals surface area contributed by atoms with Crippen LogP contribution in [0.15, 0.2) is 48.5 Å². The van der Waals surface area contributed by atoms with E-state index in [4.69, 9.17) is 23.2 Å². The Morgan fingerprint density at radius 1 is 1.15 bits per heavy atom. The first-order chi connectivity index (χ1) is 12.5. The summed E-state index contributed by atoms with van der Waals surface area (Å²) in [5, 5.41) is 14.1. The zero-order chi connectivity index (χ0) is 18.7. The fraction of sp³-hybridized carbons (Fsp3) is 0.350. The standard InChI is InChI=1S/C20H22Cl2N2O2/c1-13(25)23-19(14-5-3-2-4-6-14)20(24-10-9-16(26)12-24)15-7-8-17(21)18(22)11-15/h2-8,11,16,19-20,26H,9-10,12H2,1H3,(H,23,25)/t16-,19-,20?/m0/s1. The molecule has 1 amide bonds. The van der Waals surface area contributed by atoms with Crippen LogP contribution in [0.2, 0.25) is 10.0 Å². The number of likely N-dealkylation sites (tertiary alicyclic amines) is 1. The Hall–Kier alpha value is -1.59. The Labute approximate surface area is 163 Å². The molecule has 0 radical (unpaired) electrons. The summed E-state index contributed by atoms with van der Waals surface area (Å²) < 4.78 is 0. The van der Waals surface area contributed by atoms with Crippen molar-refractivity contribution >= 4 is 29.1 Å². The predicted octanol–water partition coefficient (Wildman–Crippen LogP) is 3.98. The highest BCUT2D eigenvalue weighted by Crippen LogP contribution is 2.38. The molecule has 0 bridgehead atoms. The lowest BCUT2D eigenvalue weighted by Gasteiger charge is -2.35. The van der Waals surface area contributed by atoms with E-state index in [-0.39, 0.29) is 24.1 Å². The number of rotatable bonds is 5. The molecule has 4 nitrogen and oxygen atoms in total. The summed E-state index contributed by atoms with van der Waals surface area (Å²) in [6.07, 6.45) is 0.341. The first-order valence-electron chi connectivity index (χ1n) is 8.65. The number of hydrogen-bond acceptors (Lipinski definition) is 3. The van der Waals surface area contributed by atoms with Gasteiger partial charge in [0.1, 0.15) is 0 Å². The molecule has 1 saturated heterocycles. The van der Waals surface area contributed by atoms with Crippen LogP contribution in [-0.2, 0) is 4.79 Å². The average Bonchev–Trinajstić information content (AvgIpc) is 3.04. The highest BCUT2D eigenvalue weighted by molar-refractivity contribution is 6.42. The average molecular weight is 393 g/mol. The Morgan fingerprint density at radius 2 is 1.88 bits per heavy atom. The number of nitrogens with one attached hydrogen (secondary N) is 1. The molecular formula is C20H22Cl2N2O2. The van der Waals surface area contributed by atoms with Crippen LogP contribution in [-0.4, -0.2) is 35.1 Å². The van der Waals surface area contributed by atoms with Crippen LogP contribution in [0.4, 0.5) is 0 Å². The van der Waals surface area contributed by atoms with E-state index in [1.807, 2.05) is 42.5 Å². The summed E-state index contributed by atoms with van der Waals surface area (Å²) in [4.78, 5) is 14.1. The molecule has 1 aliphatic heterocycles. The van der Waals surface area contributed by atoms with Crippen molar-refractivity contribution in [3.8, 4) is 0 Å². The first-order valence-corrected chi connectivity index (χ1v) is 9.40. The largest absolute Gasteiger partial charge is 0.392 e. The Kier molecular flexibility index (Phi) is 6.20. The minimum Gasteiger partial charge on any atom is -0.392 e. The third kappa shape index (κ3) is 4.38. The monoisotopic (exact) mass is 392 g/mol. The van der Waals surface area contributed by atoms with Crippen molar-refractivity contribution in [1.82, 2.24) is 10.2 Å². The Morgan fingerprint density at radius 3 is 2.46 bits per heavy atom. The van der Waals surface area contributed by atoms with Gasteiger partial charge in [-0.2, -0.15) is 0 Å². The maximum absolute atomic E-state index is 11.9. The van der Waals surface area contributed by atoms with Gasteiger partial charge in [0.25, 0.3) is 0 Å². The van der Waals surface area contributed by atoms with Gasteiger partial charge in [0.2, 0.25) is 5.91 Å². The first kappa shape index (κ1) is 19.2. The molecule has 1 heterocycles. The molecule has 2 N–H and O–H groups in total. The van der Waals surface area contributed by atoms with Crippen LogP contribution in [0.1, 0.15) is 36.6 Å².